The maximum absolute atomic E-state index is 6.29. The summed E-state index contributed by atoms with van der Waals surface area (Å²) >= 11 is 0. The number of nitrogens with zero attached hydrogens (tertiary/aromatic N) is 4. The van der Waals surface area contributed by atoms with Gasteiger partial charge in [0.1, 0.15) is 17.3 Å². The fourth-order valence-corrected chi connectivity index (χ4v) is 2.68. The predicted molar refractivity (Wildman–Crippen MR) is 69.1 cm³/mol. The Bertz CT molecular complexity index is 601. The zero-order valence-corrected chi connectivity index (χ0v) is 10.5. The molecule has 0 spiro atoms. The van der Waals surface area contributed by atoms with Gasteiger partial charge in [0.05, 0.1) is 18.2 Å². The van der Waals surface area contributed by atoms with Crippen molar-refractivity contribution in [3.05, 3.63) is 18.3 Å². The highest BCUT2D eigenvalue weighted by atomic mass is 15.2. The summed E-state index contributed by atoms with van der Waals surface area (Å²) in [7, 11) is 0. The molecule has 5 nitrogen and oxygen atoms in total. The Labute approximate surface area is 106 Å². The molecule has 2 saturated carbocycles. The fourth-order valence-electron chi connectivity index (χ4n) is 2.68. The molecule has 0 radical (unpaired) electrons. The largest absolute Gasteiger partial charge is 0.383 e. The lowest BCUT2D eigenvalue weighted by atomic mass is 10.3. The van der Waals surface area contributed by atoms with Crippen LogP contribution < -0.4 is 5.73 Å². The van der Waals surface area contributed by atoms with Gasteiger partial charge in [-0.2, -0.15) is 0 Å². The molecule has 0 amide bonds. The van der Waals surface area contributed by atoms with Gasteiger partial charge >= 0.3 is 0 Å². The van der Waals surface area contributed by atoms with E-state index in [4.69, 9.17) is 5.73 Å². The van der Waals surface area contributed by atoms with Gasteiger partial charge in [-0.1, -0.05) is 0 Å². The lowest BCUT2D eigenvalue weighted by Crippen LogP contribution is -2.03. The molecule has 0 unspecified atom stereocenters. The van der Waals surface area contributed by atoms with Crippen LogP contribution in [-0.2, 0) is 0 Å². The van der Waals surface area contributed by atoms with Crippen LogP contribution in [0.3, 0.4) is 0 Å². The van der Waals surface area contributed by atoms with E-state index in [0.717, 1.165) is 23.0 Å². The summed E-state index contributed by atoms with van der Waals surface area (Å²) in [6.45, 7) is 2.04. The molecule has 2 aromatic heterocycles. The number of hydrogen-bond acceptors (Lipinski definition) is 3. The van der Waals surface area contributed by atoms with Crippen molar-refractivity contribution in [1.29, 1.82) is 0 Å². The van der Waals surface area contributed by atoms with Crippen LogP contribution in [0.4, 0.5) is 5.82 Å². The molecular formula is C13H17N5. The molecule has 0 saturated heterocycles. The Morgan fingerprint density at radius 3 is 2.61 bits per heavy atom. The third-order valence-corrected chi connectivity index (χ3v) is 3.89. The maximum Gasteiger partial charge on any atom is 0.133 e. The van der Waals surface area contributed by atoms with Crippen LogP contribution in [0.1, 0.15) is 43.6 Å². The molecule has 2 aliphatic carbocycles. The summed E-state index contributed by atoms with van der Waals surface area (Å²) in [6, 6.07) is 1.18. The van der Waals surface area contributed by atoms with E-state index in [0.29, 0.717) is 12.1 Å². The van der Waals surface area contributed by atoms with Crippen LogP contribution >= 0.6 is 0 Å². The zero-order valence-electron chi connectivity index (χ0n) is 10.5. The van der Waals surface area contributed by atoms with Gasteiger partial charge in [-0.3, -0.25) is 0 Å². The first-order chi connectivity index (χ1) is 8.75. The maximum atomic E-state index is 6.29. The number of aryl methyl sites for hydroxylation is 1. The van der Waals surface area contributed by atoms with Crippen molar-refractivity contribution in [1.82, 2.24) is 19.1 Å². The molecular weight excluding hydrogens is 226 g/mol. The van der Waals surface area contributed by atoms with Gasteiger partial charge in [-0.25, -0.2) is 9.97 Å². The number of nitrogen functional groups attached to an aromatic ring is 1. The van der Waals surface area contributed by atoms with Gasteiger partial charge in [-0.05, 0) is 32.6 Å². The van der Waals surface area contributed by atoms with E-state index < -0.39 is 0 Å². The van der Waals surface area contributed by atoms with Crippen molar-refractivity contribution < 1.29 is 0 Å². The van der Waals surface area contributed by atoms with Crippen molar-refractivity contribution in [2.45, 2.75) is 44.7 Å². The Morgan fingerprint density at radius 1 is 1.22 bits per heavy atom. The van der Waals surface area contributed by atoms with Gasteiger partial charge in [0, 0.05) is 12.1 Å². The molecule has 0 bridgehead atoms. The van der Waals surface area contributed by atoms with Crippen LogP contribution in [0.15, 0.2) is 12.5 Å². The average molecular weight is 243 g/mol. The van der Waals surface area contributed by atoms with E-state index in [1.165, 1.54) is 25.7 Å². The lowest BCUT2D eigenvalue weighted by Gasteiger charge is -2.07. The molecule has 18 heavy (non-hydrogen) atoms. The zero-order chi connectivity index (χ0) is 12.3. The quantitative estimate of drug-likeness (QED) is 0.899. The Balaban J connectivity index is 1.84. The summed E-state index contributed by atoms with van der Waals surface area (Å²) in [5.41, 5.74) is 8.26. The fraction of sp³-hybridized carbons (Fsp3) is 0.538. The monoisotopic (exact) mass is 243 g/mol. The number of nitrogens with two attached hydrogens (primary N) is 1. The number of aromatic nitrogens is 4. The predicted octanol–water partition coefficient (Wildman–Crippen LogP) is 2.31. The highest BCUT2D eigenvalue weighted by molar-refractivity contribution is 5.68. The molecule has 4 rings (SSSR count). The van der Waals surface area contributed by atoms with Crippen LogP contribution in [0.5, 0.6) is 0 Å². The highest BCUT2D eigenvalue weighted by Gasteiger charge is 2.31. The van der Waals surface area contributed by atoms with Gasteiger partial charge in [0.2, 0.25) is 0 Å². The molecule has 2 N–H and O–H groups in total. The van der Waals surface area contributed by atoms with Crippen molar-refractivity contribution in [3.8, 4) is 11.4 Å². The van der Waals surface area contributed by atoms with Gasteiger partial charge < -0.3 is 14.9 Å². The van der Waals surface area contributed by atoms with Crippen molar-refractivity contribution in [2.75, 3.05) is 5.73 Å². The van der Waals surface area contributed by atoms with E-state index >= 15 is 0 Å². The second-order valence-electron chi connectivity index (χ2n) is 5.41. The normalized spacial score (nSPS) is 19.4. The third-order valence-electron chi connectivity index (χ3n) is 3.89. The first-order valence-corrected chi connectivity index (χ1v) is 6.62. The molecule has 5 heteroatoms. The minimum absolute atomic E-state index is 0.573. The molecule has 2 aromatic rings. The number of anilines is 1. The summed E-state index contributed by atoms with van der Waals surface area (Å²) in [6.07, 6.45) is 8.72. The molecule has 0 aromatic carbocycles. The Hall–Kier alpha value is -1.78. The van der Waals surface area contributed by atoms with E-state index in [-0.39, 0.29) is 0 Å². The molecule has 94 valence electrons. The summed E-state index contributed by atoms with van der Waals surface area (Å²) in [4.78, 5) is 8.92. The first kappa shape index (κ1) is 10.2. The van der Waals surface area contributed by atoms with Crippen molar-refractivity contribution in [3.63, 3.8) is 0 Å². The third kappa shape index (κ3) is 1.39. The van der Waals surface area contributed by atoms with Gasteiger partial charge in [0.25, 0.3) is 0 Å². The second kappa shape index (κ2) is 3.37. The molecule has 2 aliphatic rings. The van der Waals surface area contributed by atoms with Crippen LogP contribution in [-0.4, -0.2) is 19.1 Å². The number of hydrogen-bond donors (Lipinski definition) is 1. The number of rotatable bonds is 3. The van der Waals surface area contributed by atoms with Crippen LogP contribution in [0, 0.1) is 6.92 Å². The highest BCUT2D eigenvalue weighted by Crippen LogP contribution is 2.42. The van der Waals surface area contributed by atoms with E-state index in [2.05, 4.69) is 19.1 Å². The van der Waals surface area contributed by atoms with Crippen LogP contribution in [0.2, 0.25) is 0 Å². The van der Waals surface area contributed by atoms with E-state index in [1.807, 2.05) is 19.4 Å². The minimum Gasteiger partial charge on any atom is -0.383 e. The van der Waals surface area contributed by atoms with Gasteiger partial charge in [0.15, 0.2) is 0 Å². The summed E-state index contributed by atoms with van der Waals surface area (Å²) in [5.74, 6) is 1.82. The summed E-state index contributed by atoms with van der Waals surface area (Å²) in [5, 5.41) is 0. The topological polar surface area (TPSA) is 61.7 Å². The van der Waals surface area contributed by atoms with Crippen molar-refractivity contribution in [2.24, 2.45) is 0 Å². The second-order valence-corrected chi connectivity index (χ2v) is 5.41. The number of imidazole rings is 2. The van der Waals surface area contributed by atoms with E-state index in [1.54, 1.807) is 0 Å². The lowest BCUT2D eigenvalue weighted by molar-refractivity contribution is 0.720. The average Bonchev–Trinajstić information content (AvgIpc) is 3.27. The molecule has 0 aliphatic heterocycles. The standard InChI is InChI=1S/C13H17N5/c1-8-16-12(13(14)18(8)10-4-5-10)11-6-15-7-17(11)9-2-3-9/h6-7,9-10H,2-5,14H2,1H3. The van der Waals surface area contributed by atoms with Gasteiger partial charge in [-0.15, -0.1) is 0 Å². The minimum atomic E-state index is 0.573. The smallest absolute Gasteiger partial charge is 0.133 e. The first-order valence-electron chi connectivity index (χ1n) is 6.62. The Morgan fingerprint density at radius 2 is 1.94 bits per heavy atom. The van der Waals surface area contributed by atoms with Crippen molar-refractivity contribution >= 4 is 5.82 Å². The van der Waals surface area contributed by atoms with E-state index in [9.17, 15) is 0 Å². The molecule has 0 atom stereocenters. The SMILES string of the molecule is Cc1nc(-c2cncn2C2CC2)c(N)n1C1CC1. The molecule has 2 fully saturated rings. The molecule has 2 heterocycles. The summed E-state index contributed by atoms with van der Waals surface area (Å²) < 4.78 is 4.40. The van der Waals surface area contributed by atoms with Crippen LogP contribution in [0.25, 0.3) is 11.4 Å². The Kier molecular flexibility index (Phi) is 1.90.